The van der Waals surface area contributed by atoms with E-state index in [9.17, 15) is 9.90 Å². The van der Waals surface area contributed by atoms with Gasteiger partial charge in [0, 0.05) is 17.5 Å². The molecule has 1 aromatic heterocycles. The summed E-state index contributed by atoms with van der Waals surface area (Å²) in [4.78, 5) is 14.1. The van der Waals surface area contributed by atoms with Crippen molar-refractivity contribution in [3.05, 3.63) is 11.8 Å². The second-order valence-electron chi connectivity index (χ2n) is 6.68. The quantitative estimate of drug-likeness (QED) is 0.885. The SMILES string of the molecule is CC(C)(C)c1cc(NC(=O)CN2CCCCC2CO)on1. The molecule has 0 radical (unpaired) electrons. The number of aliphatic hydroxyl groups is 1. The third-order valence-electron chi connectivity index (χ3n) is 3.85. The van der Waals surface area contributed by atoms with Crippen molar-refractivity contribution >= 4 is 11.8 Å². The molecule has 1 fully saturated rings. The van der Waals surface area contributed by atoms with Crippen molar-refractivity contribution in [2.45, 2.75) is 51.5 Å². The summed E-state index contributed by atoms with van der Waals surface area (Å²) in [5.41, 5.74) is 0.699. The molecule has 1 amide bonds. The van der Waals surface area contributed by atoms with Gasteiger partial charge in [-0.05, 0) is 19.4 Å². The molecular formula is C15H25N3O3. The molecular weight excluding hydrogens is 270 g/mol. The zero-order valence-electron chi connectivity index (χ0n) is 13.1. The summed E-state index contributed by atoms with van der Waals surface area (Å²) < 4.78 is 5.15. The fourth-order valence-electron chi connectivity index (χ4n) is 2.52. The molecule has 0 aromatic carbocycles. The molecule has 6 heteroatoms. The minimum Gasteiger partial charge on any atom is -0.395 e. The van der Waals surface area contributed by atoms with Crippen LogP contribution in [0.2, 0.25) is 0 Å². The van der Waals surface area contributed by atoms with Gasteiger partial charge in [-0.2, -0.15) is 0 Å². The van der Waals surface area contributed by atoms with Gasteiger partial charge in [0.2, 0.25) is 11.8 Å². The molecule has 2 heterocycles. The van der Waals surface area contributed by atoms with Crippen LogP contribution < -0.4 is 5.32 Å². The van der Waals surface area contributed by atoms with Gasteiger partial charge in [0.05, 0.1) is 18.8 Å². The summed E-state index contributed by atoms with van der Waals surface area (Å²) in [5, 5.41) is 16.1. The molecule has 2 rings (SSSR count). The first-order chi connectivity index (χ1) is 9.90. The van der Waals surface area contributed by atoms with Crippen LogP contribution in [0.5, 0.6) is 0 Å². The average Bonchev–Trinajstić information content (AvgIpc) is 2.87. The summed E-state index contributed by atoms with van der Waals surface area (Å²) in [7, 11) is 0. The Balaban J connectivity index is 1.91. The van der Waals surface area contributed by atoms with Crippen LogP contribution in [0.25, 0.3) is 0 Å². The van der Waals surface area contributed by atoms with E-state index in [0.29, 0.717) is 5.88 Å². The second kappa shape index (κ2) is 6.58. The molecule has 6 nitrogen and oxygen atoms in total. The summed E-state index contributed by atoms with van der Waals surface area (Å²) in [6, 6.07) is 1.85. The lowest BCUT2D eigenvalue weighted by molar-refractivity contribution is -0.118. The van der Waals surface area contributed by atoms with Crippen LogP contribution >= 0.6 is 0 Å². The molecule has 1 aromatic rings. The number of nitrogens with zero attached hydrogens (tertiary/aromatic N) is 2. The van der Waals surface area contributed by atoms with Crippen molar-refractivity contribution in [1.82, 2.24) is 10.1 Å². The predicted molar refractivity (Wildman–Crippen MR) is 80.1 cm³/mol. The van der Waals surface area contributed by atoms with E-state index in [1.54, 1.807) is 6.07 Å². The standard InChI is InChI=1S/C15H25N3O3/c1-15(2,3)12-8-14(21-17-12)16-13(20)9-18-7-5-4-6-11(18)10-19/h8,11,19H,4-7,9-10H2,1-3H3,(H,16,20). The molecule has 1 aliphatic rings. The van der Waals surface area contributed by atoms with Crippen LogP contribution in [0.1, 0.15) is 45.7 Å². The topological polar surface area (TPSA) is 78.6 Å². The Morgan fingerprint density at radius 2 is 2.29 bits per heavy atom. The number of carbonyl (C=O) groups excluding carboxylic acids is 1. The first-order valence-corrected chi connectivity index (χ1v) is 7.52. The van der Waals surface area contributed by atoms with E-state index in [-0.39, 0.29) is 30.5 Å². The van der Waals surface area contributed by atoms with Crippen LogP contribution in [-0.4, -0.2) is 46.8 Å². The Hall–Kier alpha value is -1.40. The molecule has 0 bridgehead atoms. The van der Waals surface area contributed by atoms with Gasteiger partial charge in [-0.25, -0.2) is 0 Å². The number of carbonyl (C=O) groups is 1. The van der Waals surface area contributed by atoms with Crippen LogP contribution in [0.4, 0.5) is 5.88 Å². The Labute approximate surface area is 125 Å². The highest BCUT2D eigenvalue weighted by atomic mass is 16.5. The van der Waals surface area contributed by atoms with E-state index in [2.05, 4.69) is 10.5 Å². The minimum absolute atomic E-state index is 0.0874. The lowest BCUT2D eigenvalue weighted by Crippen LogP contribution is -2.45. The lowest BCUT2D eigenvalue weighted by atomic mass is 9.92. The van der Waals surface area contributed by atoms with E-state index in [4.69, 9.17) is 4.52 Å². The van der Waals surface area contributed by atoms with Gasteiger partial charge in [-0.3, -0.25) is 15.0 Å². The number of piperidine rings is 1. The van der Waals surface area contributed by atoms with Gasteiger partial charge in [0.25, 0.3) is 0 Å². The van der Waals surface area contributed by atoms with Crippen molar-refractivity contribution < 1.29 is 14.4 Å². The molecule has 0 aliphatic carbocycles. The fourth-order valence-corrected chi connectivity index (χ4v) is 2.52. The van der Waals surface area contributed by atoms with Crippen molar-refractivity contribution in [1.29, 1.82) is 0 Å². The number of aliphatic hydroxyl groups excluding tert-OH is 1. The van der Waals surface area contributed by atoms with Gasteiger partial charge in [-0.1, -0.05) is 32.3 Å². The Kier molecular flexibility index (Phi) is 5.00. The molecule has 1 atom stereocenters. The van der Waals surface area contributed by atoms with Gasteiger partial charge >= 0.3 is 0 Å². The lowest BCUT2D eigenvalue weighted by Gasteiger charge is -2.33. The first kappa shape index (κ1) is 16.0. The van der Waals surface area contributed by atoms with E-state index < -0.39 is 0 Å². The molecule has 1 unspecified atom stereocenters. The van der Waals surface area contributed by atoms with Crippen LogP contribution in [0.3, 0.4) is 0 Å². The highest BCUT2D eigenvalue weighted by molar-refractivity contribution is 5.91. The Bertz CT molecular complexity index is 479. The highest BCUT2D eigenvalue weighted by Gasteiger charge is 2.24. The zero-order chi connectivity index (χ0) is 15.5. The third-order valence-corrected chi connectivity index (χ3v) is 3.85. The zero-order valence-corrected chi connectivity index (χ0v) is 13.1. The van der Waals surface area contributed by atoms with E-state index in [1.807, 2.05) is 25.7 Å². The molecule has 21 heavy (non-hydrogen) atoms. The number of likely N-dealkylation sites (tertiary alicyclic amines) is 1. The number of rotatable bonds is 4. The predicted octanol–water partition coefficient (Wildman–Crippen LogP) is 1.76. The van der Waals surface area contributed by atoms with E-state index in [0.717, 1.165) is 31.5 Å². The molecule has 2 N–H and O–H groups in total. The summed E-state index contributed by atoms with van der Waals surface area (Å²) in [6.07, 6.45) is 3.13. The maximum atomic E-state index is 12.1. The third kappa shape index (κ3) is 4.28. The number of anilines is 1. The highest BCUT2D eigenvalue weighted by Crippen LogP contribution is 2.23. The number of hydrogen-bond acceptors (Lipinski definition) is 5. The van der Waals surface area contributed by atoms with Crippen LogP contribution in [-0.2, 0) is 10.2 Å². The number of amides is 1. The van der Waals surface area contributed by atoms with Crippen LogP contribution in [0.15, 0.2) is 10.6 Å². The monoisotopic (exact) mass is 295 g/mol. The number of hydrogen-bond donors (Lipinski definition) is 2. The Morgan fingerprint density at radius 3 is 2.90 bits per heavy atom. The molecule has 1 aliphatic heterocycles. The van der Waals surface area contributed by atoms with Crippen molar-refractivity contribution in [2.75, 3.05) is 25.0 Å². The normalized spacial score (nSPS) is 20.5. The van der Waals surface area contributed by atoms with Crippen molar-refractivity contribution in [3.63, 3.8) is 0 Å². The second-order valence-corrected chi connectivity index (χ2v) is 6.68. The summed E-state index contributed by atoms with van der Waals surface area (Å²) >= 11 is 0. The maximum absolute atomic E-state index is 12.1. The van der Waals surface area contributed by atoms with E-state index in [1.165, 1.54) is 0 Å². The van der Waals surface area contributed by atoms with Gasteiger partial charge in [0.1, 0.15) is 0 Å². The first-order valence-electron chi connectivity index (χ1n) is 7.52. The van der Waals surface area contributed by atoms with Gasteiger partial charge in [0.15, 0.2) is 0 Å². The fraction of sp³-hybridized carbons (Fsp3) is 0.733. The average molecular weight is 295 g/mol. The van der Waals surface area contributed by atoms with Gasteiger partial charge < -0.3 is 9.63 Å². The minimum atomic E-state index is -0.132. The van der Waals surface area contributed by atoms with Gasteiger partial charge in [-0.15, -0.1) is 0 Å². The maximum Gasteiger partial charge on any atom is 0.240 e. The van der Waals surface area contributed by atoms with E-state index >= 15 is 0 Å². The Morgan fingerprint density at radius 1 is 1.52 bits per heavy atom. The van der Waals surface area contributed by atoms with Crippen LogP contribution in [0, 0.1) is 0 Å². The molecule has 0 spiro atoms. The van der Waals surface area contributed by atoms with Crippen molar-refractivity contribution in [2.24, 2.45) is 0 Å². The number of aromatic nitrogens is 1. The molecule has 1 saturated heterocycles. The summed E-state index contributed by atoms with van der Waals surface area (Å²) in [5.74, 6) is 0.245. The molecule has 118 valence electrons. The largest absolute Gasteiger partial charge is 0.395 e. The number of nitrogens with one attached hydrogen (secondary N) is 1. The summed E-state index contributed by atoms with van der Waals surface area (Å²) in [6.45, 7) is 7.34. The van der Waals surface area contributed by atoms with Crippen molar-refractivity contribution in [3.8, 4) is 0 Å². The smallest absolute Gasteiger partial charge is 0.240 e. The molecule has 0 saturated carbocycles.